The predicted molar refractivity (Wildman–Crippen MR) is 120 cm³/mol. The first-order valence-electron chi connectivity index (χ1n) is 9.87. The predicted octanol–water partition coefficient (Wildman–Crippen LogP) is 5.68. The van der Waals surface area contributed by atoms with Crippen molar-refractivity contribution >= 4 is 17.3 Å². The van der Waals surface area contributed by atoms with Gasteiger partial charge in [-0.1, -0.05) is 30.3 Å². The van der Waals surface area contributed by atoms with E-state index in [1.807, 2.05) is 49.4 Å². The number of methoxy groups -OCH3 is 1. The van der Waals surface area contributed by atoms with Crippen molar-refractivity contribution in [3.8, 4) is 17.2 Å². The summed E-state index contributed by atoms with van der Waals surface area (Å²) in [6, 6.07) is 19.2. The van der Waals surface area contributed by atoms with E-state index in [0.29, 0.717) is 11.3 Å². The Kier molecular flexibility index (Phi) is 6.45. The number of carbonyl (C=O) groups excluding carboxylic acids is 1. The molecular weight excluding hydrogens is 424 g/mol. The summed E-state index contributed by atoms with van der Waals surface area (Å²) in [5.41, 5.74) is 6.18. The first-order valence-corrected chi connectivity index (χ1v) is 10.8. The number of nitrogens with zero attached hydrogens (tertiary/aromatic N) is 2. The van der Waals surface area contributed by atoms with E-state index in [1.54, 1.807) is 23.8 Å². The Morgan fingerprint density at radius 1 is 1.19 bits per heavy atom. The first-order chi connectivity index (χ1) is 15.6. The smallest absolute Gasteiger partial charge is 0.373 e. The Morgan fingerprint density at radius 3 is 2.75 bits per heavy atom. The minimum atomic E-state index is -0.537. The molecule has 0 radical (unpaired) electrons. The summed E-state index contributed by atoms with van der Waals surface area (Å²) < 4.78 is 16.4. The van der Waals surface area contributed by atoms with Crippen LogP contribution in [0, 0.1) is 18.3 Å². The third-order valence-electron chi connectivity index (χ3n) is 5.05. The Morgan fingerprint density at radius 2 is 2.03 bits per heavy atom. The van der Waals surface area contributed by atoms with Crippen LogP contribution >= 0.6 is 11.3 Å². The average Bonchev–Trinajstić information content (AvgIpc) is 3.52. The maximum absolute atomic E-state index is 11.6. The molecule has 4 aromatic rings. The topological polar surface area (TPSA) is 85.4 Å². The van der Waals surface area contributed by atoms with Gasteiger partial charge in [-0.25, -0.2) is 4.79 Å². The molecule has 4 rings (SSSR count). The Labute approximate surface area is 189 Å². The highest BCUT2D eigenvalue weighted by molar-refractivity contribution is 7.09. The summed E-state index contributed by atoms with van der Waals surface area (Å²) in [6.07, 6.45) is 1.35. The number of rotatable bonds is 7. The summed E-state index contributed by atoms with van der Waals surface area (Å²) in [4.78, 5) is 16.8. The quantitative estimate of drug-likeness (QED) is 0.341. The van der Waals surface area contributed by atoms with Gasteiger partial charge in [-0.05, 0) is 47.9 Å². The zero-order valence-electron chi connectivity index (χ0n) is 17.6. The van der Waals surface area contributed by atoms with Gasteiger partial charge in [-0.2, -0.15) is 5.26 Å². The van der Waals surface area contributed by atoms with Gasteiger partial charge < -0.3 is 13.9 Å². The molecule has 1 unspecified atom stereocenters. The molecule has 2 aromatic carbocycles. The molecule has 0 aliphatic rings. The van der Waals surface area contributed by atoms with Gasteiger partial charge in [0.2, 0.25) is 5.76 Å². The summed E-state index contributed by atoms with van der Waals surface area (Å²) in [5.74, 6) is 0.0959. The average molecular weight is 445 g/mol. The molecule has 0 saturated carbocycles. The maximum Gasteiger partial charge on any atom is 0.373 e. The van der Waals surface area contributed by atoms with Crippen LogP contribution in [0.25, 0.3) is 11.1 Å². The van der Waals surface area contributed by atoms with Crippen LogP contribution < -0.4 is 0 Å². The van der Waals surface area contributed by atoms with Gasteiger partial charge in [0.05, 0.1) is 29.1 Å². The van der Waals surface area contributed by atoms with Crippen LogP contribution in [0.4, 0.5) is 0 Å². The zero-order chi connectivity index (χ0) is 22.5. The number of hydrogen-bond donors (Lipinski definition) is 0. The molecule has 0 aliphatic carbocycles. The van der Waals surface area contributed by atoms with Crippen molar-refractivity contribution in [1.29, 1.82) is 5.26 Å². The highest BCUT2D eigenvalue weighted by Gasteiger charge is 2.20. The minimum Gasteiger partial charge on any atom is -0.463 e. The van der Waals surface area contributed by atoms with Gasteiger partial charge in [0, 0.05) is 11.8 Å². The molecule has 2 aromatic heterocycles. The third-order valence-corrected chi connectivity index (χ3v) is 5.87. The van der Waals surface area contributed by atoms with Gasteiger partial charge in [-0.15, -0.1) is 11.3 Å². The minimum absolute atomic E-state index is 0.126. The fourth-order valence-electron chi connectivity index (χ4n) is 3.45. The molecular formula is C25H20N2O4S. The van der Waals surface area contributed by atoms with Crippen molar-refractivity contribution in [1.82, 2.24) is 4.98 Å². The van der Waals surface area contributed by atoms with E-state index in [1.165, 1.54) is 18.4 Å². The second kappa shape index (κ2) is 9.60. The van der Waals surface area contributed by atoms with Crippen LogP contribution in [0.2, 0.25) is 0 Å². The fraction of sp³-hybridized carbons (Fsp3) is 0.160. The van der Waals surface area contributed by atoms with Crippen LogP contribution in [0.1, 0.15) is 44.0 Å². The van der Waals surface area contributed by atoms with Crippen molar-refractivity contribution in [3.05, 3.63) is 99.4 Å². The second-order valence-electron chi connectivity index (χ2n) is 7.08. The Hall–Kier alpha value is -3.73. The molecule has 0 aliphatic heterocycles. The van der Waals surface area contributed by atoms with Crippen LogP contribution in [0.5, 0.6) is 0 Å². The molecule has 2 heterocycles. The van der Waals surface area contributed by atoms with Crippen molar-refractivity contribution in [2.45, 2.75) is 19.6 Å². The van der Waals surface area contributed by atoms with Crippen molar-refractivity contribution in [2.24, 2.45) is 0 Å². The Balaban J connectivity index is 1.68. The number of carbonyl (C=O) groups is 1. The third kappa shape index (κ3) is 4.47. The largest absolute Gasteiger partial charge is 0.463 e. The number of nitriles is 1. The lowest BCUT2D eigenvalue weighted by Gasteiger charge is -2.18. The summed E-state index contributed by atoms with van der Waals surface area (Å²) in [6.45, 7) is 2.18. The lowest BCUT2D eigenvalue weighted by molar-refractivity contribution is 0.0495. The van der Waals surface area contributed by atoms with E-state index in [0.717, 1.165) is 27.1 Å². The van der Waals surface area contributed by atoms with E-state index >= 15 is 0 Å². The number of furan rings is 1. The van der Waals surface area contributed by atoms with Crippen molar-refractivity contribution < 1.29 is 18.7 Å². The second-order valence-corrected chi connectivity index (χ2v) is 8.00. The number of hydrogen-bond acceptors (Lipinski definition) is 7. The molecule has 6 nitrogen and oxygen atoms in total. The lowest BCUT2D eigenvalue weighted by Crippen LogP contribution is -2.06. The fourth-order valence-corrected chi connectivity index (χ4v) is 4.14. The van der Waals surface area contributed by atoms with Gasteiger partial charge in [0.15, 0.2) is 0 Å². The number of thiazole rings is 1. The molecule has 0 bridgehead atoms. The van der Waals surface area contributed by atoms with Crippen LogP contribution in [-0.4, -0.2) is 18.1 Å². The maximum atomic E-state index is 11.6. The molecule has 0 saturated heterocycles. The highest BCUT2D eigenvalue weighted by atomic mass is 32.1. The van der Waals surface area contributed by atoms with Gasteiger partial charge in [0.1, 0.15) is 18.5 Å². The molecule has 0 N–H and O–H groups in total. The highest BCUT2D eigenvalue weighted by Crippen LogP contribution is 2.35. The summed E-state index contributed by atoms with van der Waals surface area (Å²) in [7, 11) is 1.30. The van der Waals surface area contributed by atoms with Crippen molar-refractivity contribution in [3.63, 3.8) is 0 Å². The number of esters is 1. The normalized spacial score (nSPS) is 11.7. The number of benzene rings is 2. The SMILES string of the molecule is COC(=O)c1ccc(COC(c2ccc(C#N)c(-c3ccccc3C)c2)c2cncs2)o1. The lowest BCUT2D eigenvalue weighted by atomic mass is 9.93. The zero-order valence-corrected chi connectivity index (χ0v) is 18.4. The van der Waals surface area contributed by atoms with Gasteiger partial charge >= 0.3 is 5.97 Å². The molecule has 0 amide bonds. The van der Waals surface area contributed by atoms with E-state index in [2.05, 4.69) is 15.8 Å². The molecule has 32 heavy (non-hydrogen) atoms. The van der Waals surface area contributed by atoms with E-state index in [4.69, 9.17) is 9.15 Å². The number of ether oxygens (including phenoxy) is 2. The van der Waals surface area contributed by atoms with E-state index in [9.17, 15) is 10.1 Å². The van der Waals surface area contributed by atoms with Gasteiger partial charge in [0.25, 0.3) is 0 Å². The molecule has 7 heteroatoms. The molecule has 0 fully saturated rings. The number of aryl methyl sites for hydroxylation is 1. The summed E-state index contributed by atoms with van der Waals surface area (Å²) in [5, 5.41) is 9.66. The molecule has 160 valence electrons. The van der Waals surface area contributed by atoms with Crippen molar-refractivity contribution in [2.75, 3.05) is 7.11 Å². The molecule has 0 spiro atoms. The van der Waals surface area contributed by atoms with Crippen LogP contribution in [0.15, 0.2) is 70.7 Å². The first kappa shape index (κ1) is 21.5. The van der Waals surface area contributed by atoms with E-state index in [-0.39, 0.29) is 12.4 Å². The summed E-state index contributed by atoms with van der Waals surface area (Å²) >= 11 is 1.48. The standard InChI is InChI=1S/C25H20N2O4S/c1-16-5-3-4-6-20(16)21-11-17(7-8-18(21)12-26)24(23-13-27-15-32-23)30-14-19-9-10-22(31-19)25(28)29-2/h3-11,13,15,24H,14H2,1-2H3. The molecule has 1 atom stereocenters. The van der Waals surface area contributed by atoms with Crippen LogP contribution in [0.3, 0.4) is 0 Å². The monoisotopic (exact) mass is 444 g/mol. The van der Waals surface area contributed by atoms with E-state index < -0.39 is 12.1 Å². The van der Waals surface area contributed by atoms with Crippen LogP contribution in [-0.2, 0) is 16.1 Å². The van der Waals surface area contributed by atoms with Gasteiger partial charge in [-0.3, -0.25) is 4.98 Å². The number of aromatic nitrogens is 1. The Bertz CT molecular complexity index is 1270.